The molecule has 1 heterocycles. The average molecular weight is 354 g/mol. The number of nitrogen functional groups attached to an aromatic ring is 1. The number of rotatable bonds is 3. The Morgan fingerprint density at radius 2 is 2.09 bits per heavy atom. The minimum absolute atomic E-state index is 0. The van der Waals surface area contributed by atoms with Crippen LogP contribution < -0.4 is 10.6 Å². The van der Waals surface area contributed by atoms with Crippen molar-refractivity contribution in [3.63, 3.8) is 0 Å². The van der Waals surface area contributed by atoms with Gasteiger partial charge in [0.25, 0.3) is 5.69 Å². The summed E-state index contributed by atoms with van der Waals surface area (Å²) in [7, 11) is 0. The van der Waals surface area contributed by atoms with Gasteiger partial charge in [-0.3, -0.25) is 10.1 Å². The molecule has 0 radical (unpaired) electrons. The van der Waals surface area contributed by atoms with Gasteiger partial charge in [-0.25, -0.2) is 0 Å². The fraction of sp³-hybridized carbons (Fsp3) is 0.250. The van der Waals surface area contributed by atoms with Crippen molar-refractivity contribution in [1.29, 1.82) is 0 Å². The molecule has 2 N–H and O–H groups in total. The molecular weight excluding hydrogens is 337 g/mol. The van der Waals surface area contributed by atoms with Crippen molar-refractivity contribution in [3.8, 4) is 0 Å². The number of benzene rings is 2. The molecule has 2 aromatic carbocycles. The van der Waals surface area contributed by atoms with E-state index in [1.807, 2.05) is 18.2 Å². The maximum Gasteiger partial charge on any atom is 0.274 e. The molecule has 0 bridgehead atoms. The molecule has 23 heavy (non-hydrogen) atoms. The Hall–Kier alpha value is -1.98. The predicted molar refractivity (Wildman–Crippen MR) is 95.6 cm³/mol. The van der Waals surface area contributed by atoms with Crippen molar-refractivity contribution in [2.45, 2.75) is 19.4 Å². The van der Waals surface area contributed by atoms with Crippen molar-refractivity contribution in [2.24, 2.45) is 0 Å². The summed E-state index contributed by atoms with van der Waals surface area (Å²) in [6.07, 6.45) is 1.92. The summed E-state index contributed by atoms with van der Waals surface area (Å²) in [5.74, 6) is 0. The number of hydrogen-bond donors (Lipinski definition) is 1. The van der Waals surface area contributed by atoms with E-state index in [1.54, 1.807) is 12.1 Å². The van der Waals surface area contributed by atoms with Crippen LogP contribution in [0.15, 0.2) is 36.4 Å². The monoisotopic (exact) mass is 353 g/mol. The van der Waals surface area contributed by atoms with Crippen molar-refractivity contribution in [2.75, 3.05) is 17.2 Å². The fourth-order valence-corrected chi connectivity index (χ4v) is 3.15. The highest BCUT2D eigenvalue weighted by atomic mass is 35.5. The van der Waals surface area contributed by atoms with E-state index in [0.29, 0.717) is 17.1 Å². The van der Waals surface area contributed by atoms with Gasteiger partial charge in [-0.2, -0.15) is 0 Å². The van der Waals surface area contributed by atoms with Gasteiger partial charge in [-0.05, 0) is 42.7 Å². The first-order valence-electron chi connectivity index (χ1n) is 7.11. The van der Waals surface area contributed by atoms with Crippen LogP contribution in [0.1, 0.15) is 17.5 Å². The molecule has 1 aliphatic rings. The van der Waals surface area contributed by atoms with E-state index in [2.05, 4.69) is 4.90 Å². The molecule has 2 aromatic rings. The summed E-state index contributed by atoms with van der Waals surface area (Å²) in [5.41, 5.74) is 9.72. The molecular formula is C16H17Cl2N3O2. The lowest BCUT2D eigenvalue weighted by molar-refractivity contribution is -0.385. The Labute approximate surface area is 145 Å². The van der Waals surface area contributed by atoms with Gasteiger partial charge in [0.1, 0.15) is 0 Å². The zero-order valence-electron chi connectivity index (χ0n) is 12.4. The lowest BCUT2D eigenvalue weighted by atomic mass is 9.99. The lowest BCUT2D eigenvalue weighted by Crippen LogP contribution is -2.29. The van der Waals surface area contributed by atoms with Gasteiger partial charge in [0.2, 0.25) is 0 Å². The Kier molecular flexibility index (Phi) is 5.34. The minimum atomic E-state index is -0.365. The number of nitrogens with zero attached hydrogens (tertiary/aromatic N) is 2. The Morgan fingerprint density at radius 1 is 1.30 bits per heavy atom. The maximum atomic E-state index is 11.2. The summed E-state index contributed by atoms with van der Waals surface area (Å²) in [5, 5.41) is 11.7. The summed E-state index contributed by atoms with van der Waals surface area (Å²) >= 11 is 6.00. The zero-order chi connectivity index (χ0) is 15.7. The van der Waals surface area contributed by atoms with Crippen LogP contribution in [0.3, 0.4) is 0 Å². The lowest BCUT2D eigenvalue weighted by Gasteiger charge is -2.32. The number of nitro benzene ring substituents is 1. The molecule has 5 nitrogen and oxygen atoms in total. The average Bonchev–Trinajstić information content (AvgIpc) is 2.48. The van der Waals surface area contributed by atoms with E-state index in [-0.39, 0.29) is 23.0 Å². The third kappa shape index (κ3) is 3.51. The second-order valence-electron chi connectivity index (χ2n) is 5.40. The highest BCUT2D eigenvalue weighted by molar-refractivity contribution is 6.30. The summed E-state index contributed by atoms with van der Waals surface area (Å²) in [6, 6.07) is 10.5. The third-order valence-corrected chi connectivity index (χ3v) is 4.22. The van der Waals surface area contributed by atoms with Crippen molar-refractivity contribution < 1.29 is 4.92 Å². The molecule has 0 spiro atoms. The van der Waals surface area contributed by atoms with E-state index in [1.165, 1.54) is 6.07 Å². The molecule has 122 valence electrons. The molecule has 1 aliphatic heterocycles. The van der Waals surface area contributed by atoms with E-state index in [9.17, 15) is 10.1 Å². The van der Waals surface area contributed by atoms with E-state index in [4.69, 9.17) is 17.3 Å². The minimum Gasteiger partial charge on any atom is -0.398 e. The number of halogens is 2. The Bertz CT molecular complexity index is 737. The van der Waals surface area contributed by atoms with Crippen LogP contribution in [-0.2, 0) is 13.0 Å². The van der Waals surface area contributed by atoms with Gasteiger partial charge >= 0.3 is 0 Å². The first-order chi connectivity index (χ1) is 10.6. The second-order valence-corrected chi connectivity index (χ2v) is 5.84. The number of anilines is 2. The van der Waals surface area contributed by atoms with Crippen LogP contribution in [0.25, 0.3) is 0 Å². The van der Waals surface area contributed by atoms with Gasteiger partial charge in [0.15, 0.2) is 0 Å². The second kappa shape index (κ2) is 7.06. The summed E-state index contributed by atoms with van der Waals surface area (Å²) in [4.78, 5) is 13.0. The van der Waals surface area contributed by atoms with Gasteiger partial charge < -0.3 is 10.6 Å². The van der Waals surface area contributed by atoms with Crippen molar-refractivity contribution >= 4 is 41.1 Å². The molecule has 0 aromatic heterocycles. The van der Waals surface area contributed by atoms with Crippen LogP contribution in [-0.4, -0.2) is 11.5 Å². The third-order valence-electron chi connectivity index (χ3n) is 3.98. The fourth-order valence-electron chi connectivity index (χ4n) is 2.96. The largest absolute Gasteiger partial charge is 0.398 e. The van der Waals surface area contributed by atoms with E-state index in [0.717, 1.165) is 36.3 Å². The van der Waals surface area contributed by atoms with Crippen LogP contribution in [0.2, 0.25) is 5.02 Å². The number of fused-ring (bicyclic) bond motifs is 1. The SMILES string of the molecule is Cl.Nc1cccc2c1CCCN2Cc1cc(Cl)ccc1[N+](=O)[O-]. The van der Waals surface area contributed by atoms with Crippen LogP contribution >= 0.6 is 24.0 Å². The maximum absolute atomic E-state index is 11.2. The van der Waals surface area contributed by atoms with Crippen LogP contribution in [0.5, 0.6) is 0 Å². The van der Waals surface area contributed by atoms with Crippen molar-refractivity contribution in [1.82, 2.24) is 0 Å². The molecule has 0 fully saturated rings. The molecule has 0 amide bonds. The normalized spacial score (nSPS) is 13.2. The molecule has 0 saturated heterocycles. The molecule has 0 saturated carbocycles. The molecule has 0 atom stereocenters. The molecule has 0 aliphatic carbocycles. The number of nitro groups is 1. The standard InChI is InChI=1S/C16H16ClN3O2.ClH/c17-12-6-7-15(20(21)22)11(9-12)10-19-8-2-3-13-14(18)4-1-5-16(13)19;/h1,4-7,9H,2-3,8,10,18H2;1H. The quantitative estimate of drug-likeness (QED) is 0.509. The van der Waals surface area contributed by atoms with Crippen molar-refractivity contribution in [3.05, 3.63) is 62.7 Å². The van der Waals surface area contributed by atoms with Crippen LogP contribution in [0, 0.1) is 10.1 Å². The van der Waals surface area contributed by atoms with Gasteiger partial charge in [0, 0.05) is 35.6 Å². The number of hydrogen-bond acceptors (Lipinski definition) is 4. The Balaban J connectivity index is 0.00000192. The van der Waals surface area contributed by atoms with E-state index < -0.39 is 0 Å². The zero-order valence-corrected chi connectivity index (χ0v) is 13.9. The first-order valence-corrected chi connectivity index (χ1v) is 7.49. The Morgan fingerprint density at radius 3 is 2.83 bits per heavy atom. The molecule has 3 rings (SSSR count). The number of nitrogens with two attached hydrogens (primary N) is 1. The van der Waals surface area contributed by atoms with Gasteiger partial charge in [-0.15, -0.1) is 12.4 Å². The predicted octanol–water partition coefficient (Wildman–Crippen LogP) is 4.21. The van der Waals surface area contributed by atoms with E-state index >= 15 is 0 Å². The molecule has 0 unspecified atom stereocenters. The van der Waals surface area contributed by atoms with Crippen LogP contribution in [0.4, 0.5) is 17.1 Å². The molecule has 7 heteroatoms. The first kappa shape index (κ1) is 17.4. The smallest absolute Gasteiger partial charge is 0.274 e. The van der Waals surface area contributed by atoms with Gasteiger partial charge in [-0.1, -0.05) is 17.7 Å². The highest BCUT2D eigenvalue weighted by Gasteiger charge is 2.22. The van der Waals surface area contributed by atoms with Gasteiger partial charge in [0.05, 0.1) is 10.5 Å². The summed E-state index contributed by atoms with van der Waals surface area (Å²) < 4.78 is 0. The summed E-state index contributed by atoms with van der Waals surface area (Å²) in [6.45, 7) is 1.30. The topological polar surface area (TPSA) is 72.4 Å². The highest BCUT2D eigenvalue weighted by Crippen LogP contribution is 2.34.